The second-order valence-electron chi connectivity index (χ2n) is 3.60. The lowest BCUT2D eigenvalue weighted by Crippen LogP contribution is -2.37. The number of hydrogen-bond acceptors (Lipinski definition) is 2. The van der Waals surface area contributed by atoms with Crippen molar-refractivity contribution in [2.24, 2.45) is 0 Å². The molecule has 90 valence electrons. The molecule has 0 rings (SSSR count). The van der Waals surface area contributed by atoms with E-state index in [1.54, 1.807) is 0 Å². The molecule has 0 aliphatic heterocycles. The van der Waals surface area contributed by atoms with Crippen molar-refractivity contribution in [3.05, 3.63) is 0 Å². The molecular weight excluding hydrogens is 209 g/mol. The van der Waals surface area contributed by atoms with Crippen LogP contribution in [0.3, 0.4) is 0 Å². The molecule has 0 atom stereocenters. The van der Waals surface area contributed by atoms with Crippen LogP contribution in [0.15, 0.2) is 0 Å². The van der Waals surface area contributed by atoms with E-state index in [2.05, 4.69) is 10.6 Å². The van der Waals surface area contributed by atoms with Crippen LogP contribution in [0, 0.1) is 0 Å². The van der Waals surface area contributed by atoms with Gasteiger partial charge in [0.2, 0.25) is 5.91 Å². The molecule has 0 aromatic heterocycles. The van der Waals surface area contributed by atoms with E-state index < -0.39 is 12.6 Å². The molecule has 0 radical (unpaired) electrons. The molecule has 0 unspecified atom stereocenters. The van der Waals surface area contributed by atoms with Crippen LogP contribution in [0.4, 0.5) is 13.2 Å². The van der Waals surface area contributed by atoms with Gasteiger partial charge in [-0.05, 0) is 6.42 Å². The van der Waals surface area contributed by atoms with Crippen LogP contribution in [0.2, 0.25) is 0 Å². The number of carbonyl (C=O) groups excluding carboxylic acids is 1. The van der Waals surface area contributed by atoms with E-state index in [0.29, 0.717) is 0 Å². The van der Waals surface area contributed by atoms with Gasteiger partial charge in [0.05, 0.1) is 6.54 Å². The molecule has 15 heavy (non-hydrogen) atoms. The molecule has 0 aliphatic rings. The summed E-state index contributed by atoms with van der Waals surface area (Å²) in [5.41, 5.74) is 0. The van der Waals surface area contributed by atoms with Crippen molar-refractivity contribution in [1.82, 2.24) is 10.6 Å². The van der Waals surface area contributed by atoms with E-state index in [-0.39, 0.29) is 31.5 Å². The Labute approximate surface area is 87.4 Å². The van der Waals surface area contributed by atoms with Crippen LogP contribution in [0.25, 0.3) is 0 Å². The molecule has 0 heterocycles. The number of hydrogen-bond donors (Lipinski definition) is 2. The first-order chi connectivity index (χ1) is 6.81. The largest absolute Gasteiger partial charge is 0.389 e. The minimum absolute atomic E-state index is 0.0676. The zero-order chi connectivity index (χ0) is 11.9. The predicted molar refractivity (Wildman–Crippen MR) is 51.4 cm³/mol. The van der Waals surface area contributed by atoms with Gasteiger partial charge >= 0.3 is 6.18 Å². The van der Waals surface area contributed by atoms with Gasteiger partial charge in [-0.25, -0.2) is 0 Å². The first kappa shape index (κ1) is 14.2. The van der Waals surface area contributed by atoms with Crippen molar-refractivity contribution in [2.45, 2.75) is 38.9 Å². The highest BCUT2D eigenvalue weighted by molar-refractivity contribution is 5.77. The summed E-state index contributed by atoms with van der Waals surface area (Å²) in [6, 6.07) is 0.186. The minimum atomic E-state index is -4.14. The lowest BCUT2D eigenvalue weighted by atomic mass is 10.3. The van der Waals surface area contributed by atoms with E-state index >= 15 is 0 Å². The maximum atomic E-state index is 11.7. The van der Waals surface area contributed by atoms with Crippen molar-refractivity contribution < 1.29 is 18.0 Å². The summed E-state index contributed by atoms with van der Waals surface area (Å²) < 4.78 is 35.1. The van der Waals surface area contributed by atoms with Gasteiger partial charge < -0.3 is 10.6 Å². The first-order valence-electron chi connectivity index (χ1n) is 4.88. The zero-order valence-electron chi connectivity index (χ0n) is 8.95. The highest BCUT2D eigenvalue weighted by Gasteiger charge is 2.25. The molecule has 3 nitrogen and oxygen atoms in total. The van der Waals surface area contributed by atoms with Crippen LogP contribution in [-0.2, 0) is 4.79 Å². The summed E-state index contributed by atoms with van der Waals surface area (Å²) in [5.74, 6) is -0.272. The number of amides is 1. The maximum absolute atomic E-state index is 11.7. The highest BCUT2D eigenvalue weighted by atomic mass is 19.4. The molecule has 0 saturated heterocycles. The van der Waals surface area contributed by atoms with Gasteiger partial charge in [-0.3, -0.25) is 4.79 Å². The first-order valence-corrected chi connectivity index (χ1v) is 4.88. The van der Waals surface area contributed by atoms with E-state index in [9.17, 15) is 18.0 Å². The maximum Gasteiger partial charge on any atom is 0.389 e. The second-order valence-corrected chi connectivity index (χ2v) is 3.60. The topological polar surface area (TPSA) is 41.1 Å². The van der Waals surface area contributed by atoms with Gasteiger partial charge in [-0.1, -0.05) is 13.8 Å². The van der Waals surface area contributed by atoms with Crippen molar-refractivity contribution in [3.8, 4) is 0 Å². The van der Waals surface area contributed by atoms with E-state index in [0.717, 1.165) is 0 Å². The Morgan fingerprint density at radius 1 is 1.33 bits per heavy atom. The summed E-state index contributed by atoms with van der Waals surface area (Å²) >= 11 is 0. The van der Waals surface area contributed by atoms with Gasteiger partial charge in [0.25, 0.3) is 0 Å². The van der Waals surface area contributed by atoms with Gasteiger partial charge in [0, 0.05) is 19.0 Å². The molecule has 0 saturated carbocycles. The second kappa shape index (κ2) is 6.66. The Morgan fingerprint density at radius 2 is 1.93 bits per heavy atom. The molecule has 6 heteroatoms. The molecule has 2 N–H and O–H groups in total. The van der Waals surface area contributed by atoms with Crippen molar-refractivity contribution >= 4 is 5.91 Å². The van der Waals surface area contributed by atoms with Crippen LogP contribution >= 0.6 is 0 Å². The van der Waals surface area contributed by atoms with Gasteiger partial charge in [-0.2, -0.15) is 13.2 Å². The van der Waals surface area contributed by atoms with E-state index in [1.807, 2.05) is 13.8 Å². The number of carbonyl (C=O) groups is 1. The van der Waals surface area contributed by atoms with Gasteiger partial charge in [0.1, 0.15) is 0 Å². The third kappa shape index (κ3) is 11.1. The van der Waals surface area contributed by atoms with Crippen molar-refractivity contribution in [1.29, 1.82) is 0 Å². The monoisotopic (exact) mass is 226 g/mol. The molecule has 1 amide bonds. The SMILES string of the molecule is CC(C)NCC(=O)NCCCC(F)(F)F. The summed E-state index contributed by atoms with van der Waals surface area (Å²) in [4.78, 5) is 11.0. The van der Waals surface area contributed by atoms with Crippen molar-refractivity contribution in [2.75, 3.05) is 13.1 Å². The number of alkyl halides is 3. The molecule has 0 aromatic carbocycles. The molecule has 0 bridgehead atoms. The summed E-state index contributed by atoms with van der Waals surface area (Å²) in [5, 5.41) is 5.28. The predicted octanol–water partition coefficient (Wildman–Crippen LogP) is 1.44. The number of rotatable bonds is 6. The van der Waals surface area contributed by atoms with Crippen molar-refractivity contribution in [3.63, 3.8) is 0 Å². The quantitative estimate of drug-likeness (QED) is 0.673. The fourth-order valence-electron chi connectivity index (χ4n) is 0.876. The van der Waals surface area contributed by atoms with E-state index in [1.165, 1.54) is 0 Å². The fraction of sp³-hybridized carbons (Fsp3) is 0.889. The Morgan fingerprint density at radius 3 is 2.40 bits per heavy atom. The molecule has 0 aliphatic carbocycles. The molecule has 0 fully saturated rings. The average Bonchev–Trinajstić information content (AvgIpc) is 2.07. The van der Waals surface area contributed by atoms with Gasteiger partial charge in [-0.15, -0.1) is 0 Å². The van der Waals surface area contributed by atoms with Crippen LogP contribution in [0.5, 0.6) is 0 Å². The number of halogens is 3. The highest BCUT2D eigenvalue weighted by Crippen LogP contribution is 2.20. The fourth-order valence-corrected chi connectivity index (χ4v) is 0.876. The van der Waals surface area contributed by atoms with Gasteiger partial charge in [0.15, 0.2) is 0 Å². The number of nitrogens with one attached hydrogen (secondary N) is 2. The lowest BCUT2D eigenvalue weighted by molar-refractivity contribution is -0.136. The molecular formula is C9H17F3N2O. The summed E-state index contributed by atoms with van der Waals surface area (Å²) in [6.45, 7) is 3.98. The minimum Gasteiger partial charge on any atom is -0.355 e. The zero-order valence-corrected chi connectivity index (χ0v) is 8.95. The van der Waals surface area contributed by atoms with Crippen LogP contribution < -0.4 is 10.6 Å². The summed E-state index contributed by atoms with van der Waals surface area (Å²) in [7, 11) is 0. The molecule has 0 spiro atoms. The Kier molecular flexibility index (Phi) is 6.31. The Balaban J connectivity index is 3.40. The van der Waals surface area contributed by atoms with Crippen LogP contribution in [0.1, 0.15) is 26.7 Å². The van der Waals surface area contributed by atoms with E-state index in [4.69, 9.17) is 0 Å². The Bertz CT molecular complexity index is 192. The average molecular weight is 226 g/mol. The standard InChI is InChI=1S/C9H17F3N2O/c1-7(2)14-6-8(15)13-5-3-4-9(10,11)12/h7,14H,3-6H2,1-2H3,(H,13,15). The van der Waals surface area contributed by atoms with Crippen LogP contribution in [-0.4, -0.2) is 31.2 Å². The normalized spacial score (nSPS) is 11.9. The summed E-state index contributed by atoms with van der Waals surface area (Å²) in [6.07, 6.45) is -5.07. The molecule has 0 aromatic rings. The Hall–Kier alpha value is -0.780. The third-order valence-electron chi connectivity index (χ3n) is 1.63. The third-order valence-corrected chi connectivity index (χ3v) is 1.63. The smallest absolute Gasteiger partial charge is 0.355 e. The lowest BCUT2D eigenvalue weighted by Gasteiger charge is -2.09.